The van der Waals surface area contributed by atoms with Crippen molar-refractivity contribution in [1.82, 2.24) is 4.98 Å². The molecule has 0 amide bonds. The summed E-state index contributed by atoms with van der Waals surface area (Å²) in [6, 6.07) is 3.22. The molecular formula is C11H13NO5. The zero-order valence-corrected chi connectivity index (χ0v) is 9.35. The summed E-state index contributed by atoms with van der Waals surface area (Å²) in [6.07, 6.45) is 0.590. The lowest BCUT2D eigenvalue weighted by Gasteiger charge is -2.11. The van der Waals surface area contributed by atoms with E-state index in [1.54, 1.807) is 6.07 Å². The second-order valence-corrected chi connectivity index (χ2v) is 3.46. The molecule has 0 saturated heterocycles. The van der Waals surface area contributed by atoms with Crippen LogP contribution in [0.5, 0.6) is 0 Å². The number of fused-ring (bicyclic) bond motifs is 1. The van der Waals surface area contributed by atoms with E-state index in [9.17, 15) is 9.59 Å². The Hall–Kier alpha value is -2.24. The Balaban J connectivity index is 0.00000162. The number of hydrogen-bond donors (Lipinski definition) is 1. The molecule has 1 N–H and O–H groups in total. The standard InChI is InChI=1S/C11H11NO5.H2/c1-6(13)16-7(2)17-11(14)9-5-10-8(12-9)3-4-15-10;/h3-5,7,12H,1-2H3;1H. The molecule has 0 aliphatic rings. The first-order valence-electron chi connectivity index (χ1n) is 5.00. The van der Waals surface area contributed by atoms with Crippen LogP contribution in [0.25, 0.3) is 11.1 Å². The minimum absolute atomic E-state index is 0. The summed E-state index contributed by atoms with van der Waals surface area (Å²) >= 11 is 0. The van der Waals surface area contributed by atoms with Crippen molar-refractivity contribution in [2.24, 2.45) is 0 Å². The number of aromatic amines is 1. The summed E-state index contributed by atoms with van der Waals surface area (Å²) in [4.78, 5) is 25.1. The molecule has 0 aliphatic heterocycles. The highest BCUT2D eigenvalue weighted by molar-refractivity contribution is 5.93. The van der Waals surface area contributed by atoms with Gasteiger partial charge in [-0.1, -0.05) is 0 Å². The Morgan fingerprint density at radius 2 is 2.24 bits per heavy atom. The first-order valence-corrected chi connectivity index (χ1v) is 5.00. The average molecular weight is 239 g/mol. The predicted octanol–water partition coefficient (Wildman–Crippen LogP) is 2.07. The maximum absolute atomic E-state index is 11.6. The number of carbonyl (C=O) groups is 2. The summed E-state index contributed by atoms with van der Waals surface area (Å²) in [5.41, 5.74) is 1.52. The number of hydrogen-bond acceptors (Lipinski definition) is 5. The molecule has 6 nitrogen and oxygen atoms in total. The molecular weight excluding hydrogens is 226 g/mol. The molecule has 2 rings (SSSR count). The van der Waals surface area contributed by atoms with Crippen LogP contribution in [0.2, 0.25) is 0 Å². The molecule has 1 atom stereocenters. The molecule has 2 aromatic rings. The van der Waals surface area contributed by atoms with E-state index in [4.69, 9.17) is 9.15 Å². The smallest absolute Gasteiger partial charge is 0.357 e. The number of aromatic nitrogens is 1. The quantitative estimate of drug-likeness (QED) is 0.655. The van der Waals surface area contributed by atoms with E-state index < -0.39 is 18.2 Å². The number of nitrogens with one attached hydrogen (secondary N) is 1. The molecule has 92 valence electrons. The Morgan fingerprint density at radius 1 is 1.47 bits per heavy atom. The van der Waals surface area contributed by atoms with Crippen LogP contribution in [0.15, 0.2) is 22.8 Å². The van der Waals surface area contributed by atoms with E-state index >= 15 is 0 Å². The highest BCUT2D eigenvalue weighted by atomic mass is 16.7. The molecule has 2 heterocycles. The van der Waals surface area contributed by atoms with E-state index in [0.717, 1.165) is 0 Å². The Kier molecular flexibility index (Phi) is 2.86. The van der Waals surface area contributed by atoms with Gasteiger partial charge in [0.1, 0.15) is 5.69 Å². The van der Waals surface area contributed by atoms with Crippen LogP contribution in [0.3, 0.4) is 0 Å². The number of rotatable bonds is 3. The monoisotopic (exact) mass is 239 g/mol. The van der Waals surface area contributed by atoms with Crippen molar-refractivity contribution in [3.8, 4) is 0 Å². The van der Waals surface area contributed by atoms with Crippen LogP contribution in [-0.4, -0.2) is 23.2 Å². The van der Waals surface area contributed by atoms with Crippen molar-refractivity contribution >= 4 is 23.0 Å². The van der Waals surface area contributed by atoms with Gasteiger partial charge in [0.2, 0.25) is 6.29 Å². The summed E-state index contributed by atoms with van der Waals surface area (Å²) in [5, 5.41) is 0. The van der Waals surface area contributed by atoms with E-state index in [2.05, 4.69) is 9.72 Å². The minimum Gasteiger partial charge on any atom is -0.463 e. The van der Waals surface area contributed by atoms with Gasteiger partial charge in [-0.15, -0.1) is 0 Å². The fourth-order valence-electron chi connectivity index (χ4n) is 1.43. The first-order chi connectivity index (χ1) is 8.06. The van der Waals surface area contributed by atoms with Crippen LogP contribution in [0.4, 0.5) is 0 Å². The second kappa shape index (κ2) is 4.32. The summed E-state index contributed by atoms with van der Waals surface area (Å²) in [6.45, 7) is 2.71. The molecule has 1 unspecified atom stereocenters. The predicted molar refractivity (Wildman–Crippen MR) is 59.3 cm³/mol. The normalized spacial score (nSPS) is 12.4. The maximum atomic E-state index is 11.6. The zero-order chi connectivity index (χ0) is 12.4. The van der Waals surface area contributed by atoms with Gasteiger partial charge in [0, 0.05) is 27.4 Å². The molecule has 6 heteroatoms. The Bertz CT molecular complexity index is 530. The topological polar surface area (TPSA) is 81.5 Å². The lowest BCUT2D eigenvalue weighted by atomic mass is 10.4. The second-order valence-electron chi connectivity index (χ2n) is 3.46. The lowest BCUT2D eigenvalue weighted by molar-refractivity contribution is -0.162. The third kappa shape index (κ3) is 2.47. The van der Waals surface area contributed by atoms with Gasteiger partial charge in [0.15, 0.2) is 5.58 Å². The highest BCUT2D eigenvalue weighted by Gasteiger charge is 2.16. The molecule has 17 heavy (non-hydrogen) atoms. The number of carbonyl (C=O) groups excluding carboxylic acids is 2. The third-order valence-electron chi connectivity index (χ3n) is 2.06. The number of furan rings is 1. The molecule has 0 bridgehead atoms. The van der Waals surface area contributed by atoms with Gasteiger partial charge >= 0.3 is 11.9 Å². The SMILES string of the molecule is CC(=O)OC(C)OC(=O)c1cc2occc2[nH]1.[HH]. The van der Waals surface area contributed by atoms with Crippen molar-refractivity contribution in [2.75, 3.05) is 0 Å². The molecule has 0 fully saturated rings. The number of H-pyrrole nitrogens is 1. The maximum Gasteiger partial charge on any atom is 0.357 e. The zero-order valence-electron chi connectivity index (χ0n) is 9.35. The van der Waals surface area contributed by atoms with E-state index in [0.29, 0.717) is 11.1 Å². The number of esters is 2. The molecule has 0 spiro atoms. The summed E-state index contributed by atoms with van der Waals surface area (Å²) in [5.74, 6) is -1.12. The van der Waals surface area contributed by atoms with Crippen LogP contribution in [0.1, 0.15) is 25.8 Å². The molecule has 2 aromatic heterocycles. The van der Waals surface area contributed by atoms with Crippen LogP contribution >= 0.6 is 0 Å². The van der Waals surface area contributed by atoms with Crippen molar-refractivity contribution in [2.45, 2.75) is 20.1 Å². The van der Waals surface area contributed by atoms with Crippen LogP contribution in [-0.2, 0) is 14.3 Å². The summed E-state index contributed by atoms with van der Waals surface area (Å²) < 4.78 is 14.7. The van der Waals surface area contributed by atoms with E-state index in [-0.39, 0.29) is 7.12 Å². The Labute approximate surface area is 98.0 Å². The third-order valence-corrected chi connectivity index (χ3v) is 2.06. The van der Waals surface area contributed by atoms with Crippen LogP contribution in [0, 0.1) is 0 Å². The average Bonchev–Trinajstić information content (AvgIpc) is 2.73. The fraction of sp³-hybridized carbons (Fsp3) is 0.273. The molecule has 0 aliphatic carbocycles. The fourth-order valence-corrected chi connectivity index (χ4v) is 1.43. The molecule has 0 aromatic carbocycles. The minimum atomic E-state index is -0.922. The van der Waals surface area contributed by atoms with E-state index in [1.807, 2.05) is 0 Å². The first kappa shape index (κ1) is 11.3. The molecule has 0 saturated carbocycles. The van der Waals surface area contributed by atoms with Crippen molar-refractivity contribution in [1.29, 1.82) is 0 Å². The largest absolute Gasteiger partial charge is 0.463 e. The highest BCUT2D eigenvalue weighted by Crippen LogP contribution is 2.17. The van der Waals surface area contributed by atoms with Gasteiger partial charge in [0.05, 0.1) is 11.8 Å². The van der Waals surface area contributed by atoms with Crippen molar-refractivity contribution in [3.63, 3.8) is 0 Å². The number of ether oxygens (including phenoxy) is 2. The molecule has 0 radical (unpaired) electrons. The van der Waals surface area contributed by atoms with Gasteiger partial charge in [-0.05, 0) is 0 Å². The van der Waals surface area contributed by atoms with E-state index in [1.165, 1.54) is 26.2 Å². The Morgan fingerprint density at radius 3 is 2.88 bits per heavy atom. The van der Waals surface area contributed by atoms with Crippen molar-refractivity contribution in [3.05, 3.63) is 24.1 Å². The van der Waals surface area contributed by atoms with Crippen molar-refractivity contribution < 1.29 is 24.9 Å². The van der Waals surface area contributed by atoms with Gasteiger partial charge in [0.25, 0.3) is 0 Å². The van der Waals surface area contributed by atoms with Gasteiger partial charge < -0.3 is 18.9 Å². The lowest BCUT2D eigenvalue weighted by Crippen LogP contribution is -2.20. The van der Waals surface area contributed by atoms with Crippen LogP contribution < -0.4 is 0 Å². The van der Waals surface area contributed by atoms with Gasteiger partial charge in [-0.2, -0.15) is 0 Å². The van der Waals surface area contributed by atoms with Gasteiger partial charge in [-0.25, -0.2) is 4.79 Å². The van der Waals surface area contributed by atoms with Gasteiger partial charge in [-0.3, -0.25) is 4.79 Å². The summed E-state index contributed by atoms with van der Waals surface area (Å²) in [7, 11) is 0.